The number of aryl methyl sites for hydroxylation is 1. The summed E-state index contributed by atoms with van der Waals surface area (Å²) in [5, 5.41) is 12.8. The van der Waals surface area contributed by atoms with E-state index in [1.54, 1.807) is 6.07 Å². The van der Waals surface area contributed by atoms with E-state index in [0.29, 0.717) is 41.5 Å². The SMILES string of the molecule is Cc1cc(C2CCN(C(=O)[C@@H]3C[C@@](C)(N(C)C)C[C@H]3c3ccc(F)cc3F)CC2)n(-c2ccc(Cl)c(Cl)c2)n1.O=C(O)C(F)(F)F. The van der Waals surface area contributed by atoms with Crippen molar-refractivity contribution in [3.05, 3.63) is 81.1 Å². The van der Waals surface area contributed by atoms with E-state index in [1.807, 2.05) is 42.7 Å². The summed E-state index contributed by atoms with van der Waals surface area (Å²) in [5.41, 5.74) is 3.02. The number of benzene rings is 2. The molecular formula is C32H35Cl2F5N4O3. The van der Waals surface area contributed by atoms with Gasteiger partial charge in [0.25, 0.3) is 0 Å². The molecule has 7 nitrogen and oxygen atoms in total. The fraction of sp³-hybridized carbons (Fsp3) is 0.469. The van der Waals surface area contributed by atoms with Crippen LogP contribution in [0.4, 0.5) is 22.0 Å². The number of amides is 1. The molecule has 3 aromatic rings. The van der Waals surface area contributed by atoms with Crippen LogP contribution in [0, 0.1) is 24.5 Å². The molecule has 1 aliphatic heterocycles. The van der Waals surface area contributed by atoms with Gasteiger partial charge in [0.05, 0.1) is 21.4 Å². The lowest BCUT2D eigenvalue weighted by atomic mass is 9.86. The van der Waals surface area contributed by atoms with Crippen molar-refractivity contribution in [2.45, 2.75) is 63.1 Å². The number of hydrogen-bond donors (Lipinski definition) is 1. The Labute approximate surface area is 273 Å². The number of carboxylic acid groups (broad SMARTS) is 1. The first-order valence-corrected chi connectivity index (χ1v) is 15.4. The summed E-state index contributed by atoms with van der Waals surface area (Å²) >= 11 is 12.4. The number of hydrogen-bond acceptors (Lipinski definition) is 4. The molecule has 5 rings (SSSR count). The predicted octanol–water partition coefficient (Wildman–Crippen LogP) is 7.62. The van der Waals surface area contributed by atoms with Crippen LogP contribution in [0.15, 0.2) is 42.5 Å². The van der Waals surface area contributed by atoms with Crippen molar-refractivity contribution in [3.8, 4) is 5.69 Å². The molecule has 46 heavy (non-hydrogen) atoms. The first-order valence-electron chi connectivity index (χ1n) is 14.6. The fourth-order valence-electron chi connectivity index (χ4n) is 6.33. The van der Waals surface area contributed by atoms with Gasteiger partial charge in [-0.15, -0.1) is 0 Å². The molecular weight excluding hydrogens is 654 g/mol. The molecule has 250 valence electrons. The molecule has 1 amide bonds. The number of carbonyl (C=O) groups excluding carboxylic acids is 1. The zero-order valence-electron chi connectivity index (χ0n) is 25.7. The highest BCUT2D eigenvalue weighted by Gasteiger charge is 2.49. The van der Waals surface area contributed by atoms with Crippen molar-refractivity contribution in [2.24, 2.45) is 5.92 Å². The van der Waals surface area contributed by atoms with Crippen LogP contribution in [-0.2, 0) is 9.59 Å². The first kappa shape index (κ1) is 35.6. The first-order chi connectivity index (χ1) is 21.4. The molecule has 14 heteroatoms. The standard InChI is InChI=1S/C30H34Cl2F2N4O.C2HF3O2/c1-18-13-28(38(35-18)21-6-8-25(31)26(32)15-21)19-9-11-37(12-10-19)29(39)24-17-30(2,36(3)4)16-23(24)22-7-5-20(33)14-27(22)34;3-2(4,5)1(6)7/h5-8,13-15,19,23-24H,9-12,16-17H2,1-4H3;(H,6,7)/t23-,24+,30-;/m0./s1. The van der Waals surface area contributed by atoms with Crippen LogP contribution in [-0.4, -0.2) is 75.5 Å². The minimum Gasteiger partial charge on any atom is -0.475 e. The van der Waals surface area contributed by atoms with Crippen LogP contribution in [0.25, 0.3) is 5.69 Å². The molecule has 0 radical (unpaired) electrons. The average Bonchev–Trinajstić information content (AvgIpc) is 3.55. The smallest absolute Gasteiger partial charge is 0.475 e. The van der Waals surface area contributed by atoms with Crippen LogP contribution >= 0.6 is 23.2 Å². The molecule has 0 bridgehead atoms. The number of aliphatic carboxylic acids is 1. The van der Waals surface area contributed by atoms with E-state index in [4.69, 9.17) is 38.2 Å². The highest BCUT2D eigenvalue weighted by atomic mass is 35.5. The molecule has 2 aliphatic rings. The lowest BCUT2D eigenvalue weighted by molar-refractivity contribution is -0.192. The number of carboxylic acids is 1. The molecule has 0 unspecified atom stereocenters. The van der Waals surface area contributed by atoms with Gasteiger partial charge in [0.2, 0.25) is 5.91 Å². The Balaban J connectivity index is 0.000000617. The van der Waals surface area contributed by atoms with E-state index in [9.17, 15) is 26.7 Å². The monoisotopic (exact) mass is 688 g/mol. The number of carbonyl (C=O) groups is 2. The van der Waals surface area contributed by atoms with Gasteiger partial charge in [-0.2, -0.15) is 18.3 Å². The van der Waals surface area contributed by atoms with E-state index in [0.717, 1.165) is 36.0 Å². The summed E-state index contributed by atoms with van der Waals surface area (Å²) in [4.78, 5) is 26.9. The number of piperidine rings is 1. The topological polar surface area (TPSA) is 78.7 Å². The van der Waals surface area contributed by atoms with Crippen molar-refractivity contribution in [1.82, 2.24) is 19.6 Å². The Morgan fingerprint density at radius 1 is 1.00 bits per heavy atom. The quantitative estimate of drug-likeness (QED) is 0.279. The number of likely N-dealkylation sites (tertiary alicyclic amines) is 1. The largest absolute Gasteiger partial charge is 0.490 e. The fourth-order valence-corrected chi connectivity index (χ4v) is 6.63. The zero-order chi connectivity index (χ0) is 34.1. The second-order valence-corrected chi connectivity index (χ2v) is 13.1. The summed E-state index contributed by atoms with van der Waals surface area (Å²) in [5.74, 6) is -4.32. The van der Waals surface area contributed by atoms with E-state index < -0.39 is 23.8 Å². The Kier molecular flexibility index (Phi) is 10.7. The maximum atomic E-state index is 14.9. The van der Waals surface area contributed by atoms with Crippen molar-refractivity contribution < 1.29 is 36.6 Å². The van der Waals surface area contributed by atoms with Crippen LogP contribution in [0.3, 0.4) is 0 Å². The van der Waals surface area contributed by atoms with Gasteiger partial charge in [-0.1, -0.05) is 29.3 Å². The second-order valence-electron chi connectivity index (χ2n) is 12.3. The Morgan fingerprint density at radius 2 is 1.63 bits per heavy atom. The maximum Gasteiger partial charge on any atom is 0.490 e. The minimum absolute atomic E-state index is 0.0573. The van der Waals surface area contributed by atoms with Crippen molar-refractivity contribution in [3.63, 3.8) is 0 Å². The summed E-state index contributed by atoms with van der Waals surface area (Å²) < 4.78 is 62.2. The van der Waals surface area contributed by atoms with Crippen LogP contribution in [0.2, 0.25) is 10.0 Å². The number of halogens is 7. The van der Waals surface area contributed by atoms with Gasteiger partial charge in [-0.25, -0.2) is 18.3 Å². The molecule has 3 atom stereocenters. The zero-order valence-corrected chi connectivity index (χ0v) is 27.2. The third-order valence-corrected chi connectivity index (χ3v) is 9.78. The molecule has 0 spiro atoms. The van der Waals surface area contributed by atoms with Gasteiger partial charge in [0.15, 0.2) is 0 Å². The summed E-state index contributed by atoms with van der Waals surface area (Å²) in [6, 6.07) is 11.3. The van der Waals surface area contributed by atoms with Gasteiger partial charge >= 0.3 is 12.1 Å². The van der Waals surface area contributed by atoms with Crippen molar-refractivity contribution in [1.29, 1.82) is 0 Å². The Morgan fingerprint density at radius 3 is 2.17 bits per heavy atom. The minimum atomic E-state index is -5.08. The molecule has 2 aromatic carbocycles. The highest BCUT2D eigenvalue weighted by Crippen LogP contribution is 2.49. The van der Waals surface area contributed by atoms with E-state index in [-0.39, 0.29) is 29.2 Å². The van der Waals surface area contributed by atoms with Crippen LogP contribution in [0.1, 0.15) is 61.4 Å². The van der Waals surface area contributed by atoms with Gasteiger partial charge in [-0.05, 0) is 89.5 Å². The van der Waals surface area contributed by atoms with Gasteiger partial charge in [0.1, 0.15) is 11.6 Å². The van der Waals surface area contributed by atoms with Crippen molar-refractivity contribution >= 4 is 35.1 Å². The number of alkyl halides is 3. The molecule has 1 aliphatic carbocycles. The summed E-state index contributed by atoms with van der Waals surface area (Å²) in [6.45, 7) is 5.31. The molecule has 2 fully saturated rings. The third-order valence-electron chi connectivity index (χ3n) is 9.04. The second kappa shape index (κ2) is 13.9. The van der Waals surface area contributed by atoms with E-state index in [1.165, 1.54) is 12.1 Å². The van der Waals surface area contributed by atoms with Crippen LogP contribution in [0.5, 0.6) is 0 Å². The molecule has 1 aromatic heterocycles. The van der Waals surface area contributed by atoms with Crippen LogP contribution < -0.4 is 0 Å². The maximum absolute atomic E-state index is 14.9. The summed E-state index contributed by atoms with van der Waals surface area (Å²) in [6.07, 6.45) is -2.22. The average molecular weight is 690 g/mol. The molecule has 1 saturated carbocycles. The lowest BCUT2D eigenvalue weighted by Crippen LogP contribution is -2.43. The van der Waals surface area contributed by atoms with Crippen molar-refractivity contribution in [2.75, 3.05) is 27.2 Å². The van der Waals surface area contributed by atoms with Gasteiger partial charge < -0.3 is 14.9 Å². The highest BCUT2D eigenvalue weighted by molar-refractivity contribution is 6.42. The molecule has 1 N–H and O–H groups in total. The Bertz CT molecular complexity index is 1590. The van der Waals surface area contributed by atoms with Gasteiger partial charge in [-0.3, -0.25) is 4.79 Å². The number of nitrogens with zero attached hydrogens (tertiary/aromatic N) is 4. The number of rotatable bonds is 5. The lowest BCUT2D eigenvalue weighted by Gasteiger charge is -2.35. The Hall–Kier alpha value is -3.22. The number of aromatic nitrogens is 2. The van der Waals surface area contributed by atoms with E-state index >= 15 is 0 Å². The summed E-state index contributed by atoms with van der Waals surface area (Å²) in [7, 11) is 3.99. The normalized spacial score (nSPS) is 22.1. The van der Waals surface area contributed by atoms with E-state index in [2.05, 4.69) is 17.9 Å². The van der Waals surface area contributed by atoms with Gasteiger partial charge in [0, 0.05) is 48.1 Å². The third kappa shape index (κ3) is 7.83. The molecule has 1 saturated heterocycles. The predicted molar refractivity (Wildman–Crippen MR) is 164 cm³/mol. The molecule has 2 heterocycles.